The molecule has 0 aromatic heterocycles. The highest BCUT2D eigenvalue weighted by Crippen LogP contribution is 2.49. The van der Waals surface area contributed by atoms with Gasteiger partial charge in [0.2, 0.25) is 0 Å². The van der Waals surface area contributed by atoms with E-state index in [9.17, 15) is 4.57 Å². The SMILES string of the molecule is C=CCOP(=O)(C=CC)OCC=C. The summed E-state index contributed by atoms with van der Waals surface area (Å²) in [6, 6.07) is 0. The summed E-state index contributed by atoms with van der Waals surface area (Å²) in [5, 5.41) is 0. The molecule has 0 spiro atoms. The summed E-state index contributed by atoms with van der Waals surface area (Å²) in [5.41, 5.74) is 0. The second-order valence-corrected chi connectivity index (χ2v) is 4.09. The zero-order valence-electron chi connectivity index (χ0n) is 7.81. The van der Waals surface area contributed by atoms with Gasteiger partial charge in [0.15, 0.2) is 0 Å². The summed E-state index contributed by atoms with van der Waals surface area (Å²) < 4.78 is 21.7. The van der Waals surface area contributed by atoms with E-state index in [1.807, 2.05) is 0 Å². The van der Waals surface area contributed by atoms with Crippen LogP contribution in [0.25, 0.3) is 0 Å². The minimum atomic E-state index is -3.08. The Bertz CT molecular complexity index is 217. The van der Waals surface area contributed by atoms with Crippen molar-refractivity contribution in [3.8, 4) is 0 Å². The Morgan fingerprint density at radius 2 is 1.69 bits per heavy atom. The van der Waals surface area contributed by atoms with Crippen LogP contribution in [0.2, 0.25) is 0 Å². The highest BCUT2D eigenvalue weighted by Gasteiger charge is 2.18. The van der Waals surface area contributed by atoms with Crippen LogP contribution in [0.3, 0.4) is 0 Å². The van der Waals surface area contributed by atoms with Crippen molar-refractivity contribution in [1.82, 2.24) is 0 Å². The van der Waals surface area contributed by atoms with Crippen molar-refractivity contribution >= 4 is 7.60 Å². The van der Waals surface area contributed by atoms with Gasteiger partial charge >= 0.3 is 7.60 Å². The van der Waals surface area contributed by atoms with E-state index in [1.54, 1.807) is 13.0 Å². The molecule has 0 saturated heterocycles. The predicted octanol–water partition coefficient (Wildman–Crippen LogP) is 3.12. The molecule has 0 rings (SSSR count). The van der Waals surface area contributed by atoms with E-state index in [0.29, 0.717) is 0 Å². The molecular formula is C9H15O3P. The monoisotopic (exact) mass is 202 g/mol. The van der Waals surface area contributed by atoms with E-state index in [2.05, 4.69) is 13.2 Å². The summed E-state index contributed by atoms with van der Waals surface area (Å²) in [4.78, 5) is 0. The van der Waals surface area contributed by atoms with Crippen molar-refractivity contribution in [1.29, 1.82) is 0 Å². The Labute approximate surface area is 79.3 Å². The van der Waals surface area contributed by atoms with Crippen LogP contribution in [-0.4, -0.2) is 13.2 Å². The maximum atomic E-state index is 11.7. The van der Waals surface area contributed by atoms with E-state index in [-0.39, 0.29) is 13.2 Å². The zero-order chi connectivity index (χ0) is 10.2. The first-order valence-electron chi connectivity index (χ1n) is 3.93. The Morgan fingerprint density at radius 1 is 1.23 bits per heavy atom. The molecule has 0 fully saturated rings. The van der Waals surface area contributed by atoms with Gasteiger partial charge < -0.3 is 9.05 Å². The summed E-state index contributed by atoms with van der Waals surface area (Å²) in [7, 11) is -3.08. The van der Waals surface area contributed by atoms with Crippen molar-refractivity contribution in [3.05, 3.63) is 37.2 Å². The fourth-order valence-corrected chi connectivity index (χ4v) is 1.86. The van der Waals surface area contributed by atoms with Crippen molar-refractivity contribution in [2.45, 2.75) is 6.92 Å². The minimum absolute atomic E-state index is 0.207. The molecule has 0 aromatic carbocycles. The van der Waals surface area contributed by atoms with Crippen LogP contribution < -0.4 is 0 Å². The molecule has 0 saturated carbocycles. The lowest BCUT2D eigenvalue weighted by atomic mass is 10.7. The van der Waals surface area contributed by atoms with Crippen LogP contribution in [0.1, 0.15) is 6.92 Å². The van der Waals surface area contributed by atoms with Crippen molar-refractivity contribution < 1.29 is 13.6 Å². The topological polar surface area (TPSA) is 35.5 Å². The molecule has 0 amide bonds. The summed E-state index contributed by atoms with van der Waals surface area (Å²) in [5.74, 6) is 1.42. The summed E-state index contributed by atoms with van der Waals surface area (Å²) >= 11 is 0. The molecule has 74 valence electrons. The Kier molecular flexibility index (Phi) is 6.51. The third-order valence-electron chi connectivity index (χ3n) is 1.08. The average molecular weight is 202 g/mol. The third kappa shape index (κ3) is 5.58. The normalized spacial score (nSPS) is 11.8. The molecule has 0 heterocycles. The summed E-state index contributed by atoms with van der Waals surface area (Å²) in [6.45, 7) is 9.08. The van der Waals surface area contributed by atoms with Crippen molar-refractivity contribution in [2.75, 3.05) is 13.2 Å². The molecule has 0 unspecified atom stereocenters. The summed E-state index contributed by atoms with van der Waals surface area (Å²) in [6.07, 6.45) is 4.67. The lowest BCUT2D eigenvalue weighted by Gasteiger charge is -2.12. The first-order valence-corrected chi connectivity index (χ1v) is 5.54. The molecule has 3 nitrogen and oxygen atoms in total. The number of rotatable bonds is 7. The van der Waals surface area contributed by atoms with E-state index in [1.165, 1.54) is 18.0 Å². The standard InChI is InChI=1S/C9H15O3P/c1-4-7-11-13(10,9-6-3)12-8-5-2/h4-6,9H,1-2,7-8H2,3H3. The van der Waals surface area contributed by atoms with Gasteiger partial charge in [0.05, 0.1) is 13.2 Å². The fourth-order valence-electron chi connectivity index (χ4n) is 0.619. The van der Waals surface area contributed by atoms with E-state index in [0.717, 1.165) is 0 Å². The maximum Gasteiger partial charge on any atom is 0.354 e. The molecular weight excluding hydrogens is 187 g/mol. The fraction of sp³-hybridized carbons (Fsp3) is 0.333. The van der Waals surface area contributed by atoms with Gasteiger partial charge in [-0.05, 0) is 6.92 Å². The van der Waals surface area contributed by atoms with Gasteiger partial charge in [0.1, 0.15) is 0 Å². The van der Waals surface area contributed by atoms with Gasteiger partial charge in [-0.1, -0.05) is 18.2 Å². The number of hydrogen-bond acceptors (Lipinski definition) is 3. The van der Waals surface area contributed by atoms with E-state index >= 15 is 0 Å². The molecule has 4 heteroatoms. The molecule has 13 heavy (non-hydrogen) atoms. The molecule has 0 aromatic rings. The second kappa shape index (κ2) is 6.84. The van der Waals surface area contributed by atoms with Crippen LogP contribution in [0.15, 0.2) is 37.2 Å². The van der Waals surface area contributed by atoms with Gasteiger partial charge in [-0.15, -0.1) is 13.2 Å². The second-order valence-electron chi connectivity index (χ2n) is 2.19. The minimum Gasteiger partial charge on any atom is -0.301 e. The molecule has 0 bridgehead atoms. The lowest BCUT2D eigenvalue weighted by molar-refractivity contribution is 0.246. The molecule has 0 aliphatic heterocycles. The maximum absolute atomic E-state index is 11.7. The van der Waals surface area contributed by atoms with Gasteiger partial charge in [-0.3, -0.25) is 4.57 Å². The molecule has 0 atom stereocenters. The van der Waals surface area contributed by atoms with Crippen molar-refractivity contribution in [2.24, 2.45) is 0 Å². The highest BCUT2D eigenvalue weighted by molar-refractivity contribution is 7.57. The average Bonchev–Trinajstić information content (AvgIpc) is 2.12. The van der Waals surface area contributed by atoms with Crippen LogP contribution >= 0.6 is 7.60 Å². The van der Waals surface area contributed by atoms with E-state index < -0.39 is 7.60 Å². The Hall–Kier alpha value is -0.630. The first kappa shape index (κ1) is 12.4. The van der Waals surface area contributed by atoms with Gasteiger partial charge in [-0.2, -0.15) is 0 Å². The van der Waals surface area contributed by atoms with Gasteiger partial charge in [0, 0.05) is 5.82 Å². The molecule has 0 radical (unpaired) electrons. The van der Waals surface area contributed by atoms with Crippen LogP contribution in [0, 0.1) is 0 Å². The van der Waals surface area contributed by atoms with Gasteiger partial charge in [-0.25, -0.2) is 0 Å². The highest BCUT2D eigenvalue weighted by atomic mass is 31.2. The largest absolute Gasteiger partial charge is 0.354 e. The van der Waals surface area contributed by atoms with Gasteiger partial charge in [0.25, 0.3) is 0 Å². The van der Waals surface area contributed by atoms with E-state index in [4.69, 9.17) is 9.05 Å². The molecule has 0 N–H and O–H groups in total. The number of hydrogen-bond donors (Lipinski definition) is 0. The lowest BCUT2D eigenvalue weighted by Crippen LogP contribution is -1.93. The smallest absolute Gasteiger partial charge is 0.301 e. The Morgan fingerprint density at radius 3 is 2.00 bits per heavy atom. The Balaban J connectivity index is 4.23. The van der Waals surface area contributed by atoms with Crippen LogP contribution in [0.5, 0.6) is 0 Å². The molecule has 0 aliphatic rings. The third-order valence-corrected chi connectivity index (χ3v) is 2.76. The first-order chi connectivity index (χ1) is 6.18. The molecule has 0 aliphatic carbocycles. The van der Waals surface area contributed by atoms with Crippen molar-refractivity contribution in [3.63, 3.8) is 0 Å². The zero-order valence-corrected chi connectivity index (χ0v) is 8.70. The predicted molar refractivity (Wildman–Crippen MR) is 54.7 cm³/mol. The van der Waals surface area contributed by atoms with Crippen LogP contribution in [0.4, 0.5) is 0 Å². The quantitative estimate of drug-likeness (QED) is 0.470. The van der Waals surface area contributed by atoms with Crippen LogP contribution in [-0.2, 0) is 13.6 Å². The number of allylic oxidation sites excluding steroid dienone is 1.